The minimum Gasteiger partial charge on any atom is -0.465 e. The van der Waals surface area contributed by atoms with Crippen molar-refractivity contribution < 1.29 is 9.53 Å². The van der Waals surface area contributed by atoms with Crippen LogP contribution in [0.5, 0.6) is 0 Å². The van der Waals surface area contributed by atoms with Gasteiger partial charge in [0.1, 0.15) is 5.54 Å². The Morgan fingerprint density at radius 2 is 1.31 bits per heavy atom. The lowest BCUT2D eigenvalue weighted by atomic mass is 9.77. The van der Waals surface area contributed by atoms with E-state index < -0.39 is 11.5 Å². The van der Waals surface area contributed by atoms with E-state index in [4.69, 9.17) is 15.5 Å². The molecule has 4 aromatic carbocycles. The molecule has 2 N–H and O–H groups in total. The maximum Gasteiger partial charge on any atom is 0.339 e. The highest BCUT2D eigenvalue weighted by molar-refractivity contribution is 5.96. The molecular weight excluding hydrogens is 434 g/mol. The van der Waals surface area contributed by atoms with E-state index in [1.54, 1.807) is 12.1 Å². The van der Waals surface area contributed by atoms with Gasteiger partial charge in [0.05, 0.1) is 24.7 Å². The number of hydrogen-bond acceptors (Lipinski definition) is 4. The van der Waals surface area contributed by atoms with E-state index in [0.29, 0.717) is 11.3 Å². The van der Waals surface area contributed by atoms with Gasteiger partial charge in [0.2, 0.25) is 0 Å². The summed E-state index contributed by atoms with van der Waals surface area (Å²) >= 11 is 0. The Labute approximate surface area is 204 Å². The van der Waals surface area contributed by atoms with Gasteiger partial charge in [-0.2, -0.15) is 0 Å². The number of ether oxygens (including phenoxy) is 1. The number of imidazole rings is 1. The van der Waals surface area contributed by atoms with Crippen LogP contribution in [0.3, 0.4) is 0 Å². The maximum atomic E-state index is 12.2. The zero-order valence-electron chi connectivity index (χ0n) is 19.3. The van der Waals surface area contributed by atoms with Crippen molar-refractivity contribution >= 4 is 11.7 Å². The van der Waals surface area contributed by atoms with Crippen molar-refractivity contribution in [1.29, 1.82) is 0 Å². The van der Waals surface area contributed by atoms with Gasteiger partial charge in [0.25, 0.3) is 0 Å². The molecule has 0 fully saturated rings. The number of nitrogens with zero attached hydrogens (tertiary/aromatic N) is 2. The number of rotatable bonds is 6. The summed E-state index contributed by atoms with van der Waals surface area (Å²) in [6.45, 7) is 0. The Kier molecular flexibility index (Phi) is 5.90. The van der Waals surface area contributed by atoms with Gasteiger partial charge < -0.3 is 15.0 Å². The van der Waals surface area contributed by atoms with Crippen LogP contribution in [0.4, 0.5) is 5.69 Å². The van der Waals surface area contributed by atoms with Crippen LogP contribution >= 0.6 is 0 Å². The minimum absolute atomic E-state index is 0.319. The largest absolute Gasteiger partial charge is 0.465 e. The minimum atomic E-state index is -0.659. The molecule has 0 amide bonds. The molecule has 0 saturated heterocycles. The molecule has 0 radical (unpaired) electrons. The molecule has 172 valence electrons. The fourth-order valence-electron chi connectivity index (χ4n) is 4.64. The summed E-state index contributed by atoms with van der Waals surface area (Å²) in [5, 5.41) is 0. The third kappa shape index (κ3) is 3.87. The Morgan fingerprint density at radius 1 is 0.800 bits per heavy atom. The van der Waals surface area contributed by atoms with Gasteiger partial charge in [-0.1, -0.05) is 97.1 Å². The highest BCUT2D eigenvalue weighted by atomic mass is 16.5. The number of aromatic nitrogens is 2. The van der Waals surface area contributed by atoms with Gasteiger partial charge in [0, 0.05) is 17.4 Å². The molecule has 5 nitrogen and oxygen atoms in total. The smallest absolute Gasteiger partial charge is 0.339 e. The molecule has 5 heteroatoms. The van der Waals surface area contributed by atoms with Crippen LogP contribution in [0.15, 0.2) is 122 Å². The van der Waals surface area contributed by atoms with Gasteiger partial charge in [-0.25, -0.2) is 9.78 Å². The van der Waals surface area contributed by atoms with Crippen LogP contribution < -0.4 is 5.73 Å². The summed E-state index contributed by atoms with van der Waals surface area (Å²) in [4.78, 5) is 17.0. The van der Waals surface area contributed by atoms with Crippen molar-refractivity contribution in [2.75, 3.05) is 12.8 Å². The molecule has 1 heterocycles. The summed E-state index contributed by atoms with van der Waals surface area (Å²) in [5.41, 5.74) is 10.9. The molecule has 0 unspecified atom stereocenters. The molecule has 5 rings (SSSR count). The fraction of sp³-hybridized carbons (Fsp3) is 0.0667. The Hall–Kier alpha value is -4.64. The van der Waals surface area contributed by atoms with Crippen LogP contribution in [0.25, 0.3) is 11.3 Å². The first-order valence-corrected chi connectivity index (χ1v) is 11.3. The number of nitrogen functional groups attached to an aromatic ring is 1. The van der Waals surface area contributed by atoms with Crippen LogP contribution in [-0.4, -0.2) is 22.6 Å². The van der Waals surface area contributed by atoms with E-state index in [-0.39, 0.29) is 0 Å². The van der Waals surface area contributed by atoms with Crippen molar-refractivity contribution in [2.24, 2.45) is 0 Å². The van der Waals surface area contributed by atoms with E-state index in [0.717, 1.165) is 27.9 Å². The van der Waals surface area contributed by atoms with Gasteiger partial charge in [-0.05, 0) is 28.8 Å². The molecule has 1 aromatic heterocycles. The number of carbonyl (C=O) groups excluding carboxylic acids is 1. The number of esters is 1. The van der Waals surface area contributed by atoms with Crippen molar-refractivity contribution in [1.82, 2.24) is 9.55 Å². The molecule has 0 aliphatic heterocycles. The summed E-state index contributed by atoms with van der Waals surface area (Å²) in [7, 11) is 1.34. The lowest BCUT2D eigenvalue weighted by molar-refractivity contribution is 0.0602. The summed E-state index contributed by atoms with van der Waals surface area (Å²) in [6.07, 6.45) is 3.86. The third-order valence-corrected chi connectivity index (χ3v) is 6.30. The fourth-order valence-corrected chi connectivity index (χ4v) is 4.64. The van der Waals surface area contributed by atoms with Crippen molar-refractivity contribution in [3.8, 4) is 11.3 Å². The molecule has 5 aromatic rings. The Balaban J connectivity index is 1.76. The molecule has 0 atom stereocenters. The summed E-state index contributed by atoms with van der Waals surface area (Å²) in [6, 6.07) is 36.5. The maximum absolute atomic E-state index is 12.2. The van der Waals surface area contributed by atoms with Crippen molar-refractivity contribution in [3.05, 3.63) is 144 Å². The molecular formula is C30H25N3O2. The van der Waals surface area contributed by atoms with E-state index in [1.807, 2.05) is 36.8 Å². The number of hydrogen-bond donors (Lipinski definition) is 1. The lowest BCUT2D eigenvalue weighted by Crippen LogP contribution is -2.36. The second kappa shape index (κ2) is 9.31. The zero-order chi connectivity index (χ0) is 24.3. The number of carbonyl (C=O) groups is 1. The van der Waals surface area contributed by atoms with Gasteiger partial charge >= 0.3 is 5.97 Å². The Bertz CT molecular complexity index is 1350. The summed E-state index contributed by atoms with van der Waals surface area (Å²) in [5.74, 6) is -0.476. The zero-order valence-corrected chi connectivity index (χ0v) is 19.3. The first-order chi connectivity index (χ1) is 17.1. The van der Waals surface area contributed by atoms with E-state index in [2.05, 4.69) is 77.4 Å². The number of anilines is 1. The Morgan fingerprint density at radius 3 is 1.80 bits per heavy atom. The van der Waals surface area contributed by atoms with E-state index in [1.165, 1.54) is 7.11 Å². The first kappa shape index (κ1) is 22.2. The summed E-state index contributed by atoms with van der Waals surface area (Å²) < 4.78 is 7.03. The van der Waals surface area contributed by atoms with Gasteiger partial charge in [-0.15, -0.1) is 0 Å². The average Bonchev–Trinajstić information content (AvgIpc) is 3.41. The molecule has 35 heavy (non-hydrogen) atoms. The van der Waals surface area contributed by atoms with Crippen molar-refractivity contribution in [2.45, 2.75) is 5.54 Å². The van der Waals surface area contributed by atoms with Gasteiger partial charge in [-0.3, -0.25) is 0 Å². The normalized spacial score (nSPS) is 11.2. The topological polar surface area (TPSA) is 70.1 Å². The predicted molar refractivity (Wildman–Crippen MR) is 138 cm³/mol. The first-order valence-electron chi connectivity index (χ1n) is 11.3. The number of nitrogens with two attached hydrogens (primary N) is 1. The standard InChI is InChI=1S/C30H25N3O2/c1-35-29(34)26-19-22(17-18-27(26)31)28-20-33(21-32-28)30(23-11-5-2-6-12-23,24-13-7-3-8-14-24)25-15-9-4-10-16-25/h2-21H,31H2,1H3. The molecule has 0 aliphatic carbocycles. The quantitative estimate of drug-likeness (QED) is 0.199. The molecule has 0 aliphatic rings. The average molecular weight is 460 g/mol. The number of benzene rings is 4. The molecule has 0 saturated carbocycles. The van der Waals surface area contributed by atoms with E-state index in [9.17, 15) is 4.79 Å². The SMILES string of the molecule is COC(=O)c1cc(-c2cn(C(c3ccccc3)(c3ccccc3)c3ccccc3)cn2)ccc1N. The number of methoxy groups -OCH3 is 1. The lowest BCUT2D eigenvalue weighted by Gasteiger charge is -2.37. The van der Waals surface area contributed by atoms with Crippen LogP contribution in [0.2, 0.25) is 0 Å². The molecule has 0 bridgehead atoms. The highest BCUT2D eigenvalue weighted by Gasteiger charge is 2.38. The predicted octanol–water partition coefficient (Wildman–Crippen LogP) is 5.76. The molecule has 0 spiro atoms. The van der Waals surface area contributed by atoms with Crippen molar-refractivity contribution in [3.63, 3.8) is 0 Å². The van der Waals surface area contributed by atoms with Crippen LogP contribution in [-0.2, 0) is 10.3 Å². The van der Waals surface area contributed by atoms with Crippen LogP contribution in [0.1, 0.15) is 27.0 Å². The monoisotopic (exact) mass is 459 g/mol. The third-order valence-electron chi connectivity index (χ3n) is 6.30. The second-order valence-corrected chi connectivity index (χ2v) is 8.27. The highest BCUT2D eigenvalue weighted by Crippen LogP contribution is 2.41. The van der Waals surface area contributed by atoms with E-state index >= 15 is 0 Å². The second-order valence-electron chi connectivity index (χ2n) is 8.27. The van der Waals surface area contributed by atoms with Crippen LogP contribution in [0, 0.1) is 0 Å². The van der Waals surface area contributed by atoms with Gasteiger partial charge in [0.15, 0.2) is 0 Å².